The normalized spacial score (nSPS) is 12.4. The van der Waals surface area contributed by atoms with Gasteiger partial charge in [0.25, 0.3) is 0 Å². The summed E-state index contributed by atoms with van der Waals surface area (Å²) in [6.45, 7) is 7.86. The molecule has 0 amide bonds. The van der Waals surface area contributed by atoms with E-state index in [4.69, 9.17) is 4.52 Å². The van der Waals surface area contributed by atoms with Gasteiger partial charge in [0.1, 0.15) is 0 Å². The molecule has 1 N–H and O–H groups in total. The van der Waals surface area contributed by atoms with Crippen LogP contribution in [0.15, 0.2) is 16.8 Å². The number of aromatic nitrogens is 1. The first kappa shape index (κ1) is 11.2. The smallest absolute Gasteiger partial charge is 0.150 e. The molecular formula is C10H18N2O2. The number of rotatable bonds is 5. The average Bonchev–Trinajstić information content (AvgIpc) is 2.53. The van der Waals surface area contributed by atoms with Gasteiger partial charge in [-0.15, -0.1) is 0 Å². The lowest BCUT2D eigenvalue weighted by Crippen LogP contribution is -2.38. The molecule has 0 fully saturated rings. The largest absolute Gasteiger partial charge is 0.389 e. The van der Waals surface area contributed by atoms with Gasteiger partial charge in [0.15, 0.2) is 5.76 Å². The van der Waals surface area contributed by atoms with Crippen LogP contribution in [-0.4, -0.2) is 33.9 Å². The minimum Gasteiger partial charge on any atom is -0.389 e. The number of aliphatic hydroxyl groups is 1. The molecule has 0 aliphatic rings. The Balaban J connectivity index is 2.47. The van der Waals surface area contributed by atoms with E-state index < -0.39 is 5.60 Å². The van der Waals surface area contributed by atoms with E-state index in [1.165, 1.54) is 0 Å². The molecule has 0 radical (unpaired) electrons. The summed E-state index contributed by atoms with van der Waals surface area (Å²) in [5.74, 6) is 0.830. The van der Waals surface area contributed by atoms with E-state index in [2.05, 4.69) is 17.0 Å². The molecule has 0 aromatic carbocycles. The van der Waals surface area contributed by atoms with Gasteiger partial charge in [0.05, 0.1) is 18.3 Å². The average molecular weight is 198 g/mol. The quantitative estimate of drug-likeness (QED) is 0.774. The van der Waals surface area contributed by atoms with E-state index in [1.807, 2.05) is 6.07 Å². The monoisotopic (exact) mass is 198 g/mol. The molecule has 80 valence electrons. The lowest BCUT2D eigenvalue weighted by molar-refractivity contribution is 0.0328. The van der Waals surface area contributed by atoms with Crippen LogP contribution in [0.1, 0.15) is 26.5 Å². The molecule has 0 aliphatic heterocycles. The number of likely N-dealkylation sites (N-methyl/N-ethyl adjacent to an activating group) is 1. The highest BCUT2D eigenvalue weighted by atomic mass is 16.5. The summed E-state index contributed by atoms with van der Waals surface area (Å²) in [6, 6.07) is 1.84. The van der Waals surface area contributed by atoms with Crippen molar-refractivity contribution in [2.45, 2.75) is 32.9 Å². The molecule has 0 saturated carbocycles. The summed E-state index contributed by atoms with van der Waals surface area (Å²) in [7, 11) is 0. The molecule has 14 heavy (non-hydrogen) atoms. The molecule has 1 heterocycles. The minimum absolute atomic E-state index is 0.629. The van der Waals surface area contributed by atoms with Gasteiger partial charge < -0.3 is 9.63 Å². The molecule has 1 aromatic heterocycles. The van der Waals surface area contributed by atoms with Crippen molar-refractivity contribution < 1.29 is 9.63 Å². The molecular weight excluding hydrogens is 180 g/mol. The fourth-order valence-electron chi connectivity index (χ4n) is 1.37. The van der Waals surface area contributed by atoms with E-state index in [1.54, 1.807) is 20.0 Å². The number of hydrogen-bond acceptors (Lipinski definition) is 4. The highest BCUT2D eigenvalue weighted by molar-refractivity contribution is 4.93. The highest BCUT2D eigenvalue weighted by Crippen LogP contribution is 2.08. The molecule has 0 spiro atoms. The van der Waals surface area contributed by atoms with Gasteiger partial charge in [-0.1, -0.05) is 12.1 Å². The Morgan fingerprint density at radius 1 is 1.57 bits per heavy atom. The Morgan fingerprint density at radius 3 is 2.71 bits per heavy atom. The maximum absolute atomic E-state index is 9.66. The van der Waals surface area contributed by atoms with Crippen LogP contribution in [0.5, 0.6) is 0 Å². The maximum Gasteiger partial charge on any atom is 0.150 e. The highest BCUT2D eigenvalue weighted by Gasteiger charge is 2.17. The first-order chi connectivity index (χ1) is 6.51. The van der Waals surface area contributed by atoms with Crippen molar-refractivity contribution in [3.8, 4) is 0 Å². The van der Waals surface area contributed by atoms with Gasteiger partial charge >= 0.3 is 0 Å². The van der Waals surface area contributed by atoms with E-state index in [-0.39, 0.29) is 0 Å². The van der Waals surface area contributed by atoms with E-state index >= 15 is 0 Å². The predicted octanol–water partition coefficient (Wildman–Crippen LogP) is 1.27. The summed E-state index contributed by atoms with van der Waals surface area (Å²) < 4.78 is 5.01. The van der Waals surface area contributed by atoms with Crippen molar-refractivity contribution in [3.05, 3.63) is 18.0 Å². The molecule has 0 aliphatic carbocycles. The molecule has 1 rings (SSSR count). The fourth-order valence-corrected chi connectivity index (χ4v) is 1.37. The van der Waals surface area contributed by atoms with Crippen molar-refractivity contribution in [2.75, 3.05) is 13.1 Å². The van der Waals surface area contributed by atoms with Crippen LogP contribution in [0.2, 0.25) is 0 Å². The van der Waals surface area contributed by atoms with Gasteiger partial charge in [-0.05, 0) is 20.4 Å². The van der Waals surface area contributed by atoms with Crippen molar-refractivity contribution in [1.82, 2.24) is 10.1 Å². The maximum atomic E-state index is 9.66. The molecule has 4 heteroatoms. The van der Waals surface area contributed by atoms with E-state index in [9.17, 15) is 5.11 Å². The standard InChI is InChI=1S/C10H18N2O2/c1-4-12(8-10(2,3)13)7-9-5-6-11-14-9/h5-6,13H,4,7-8H2,1-3H3. The molecule has 1 aromatic rings. The van der Waals surface area contributed by atoms with Crippen LogP contribution in [0, 0.1) is 0 Å². The second-order valence-corrected chi connectivity index (χ2v) is 4.09. The van der Waals surface area contributed by atoms with Crippen molar-refractivity contribution >= 4 is 0 Å². The SMILES string of the molecule is CCN(Cc1ccno1)CC(C)(C)O. The van der Waals surface area contributed by atoms with E-state index in [0.29, 0.717) is 13.1 Å². The third-order valence-corrected chi connectivity index (χ3v) is 1.93. The van der Waals surface area contributed by atoms with Gasteiger partial charge in [-0.25, -0.2) is 0 Å². The van der Waals surface area contributed by atoms with Crippen molar-refractivity contribution in [1.29, 1.82) is 0 Å². The Hall–Kier alpha value is -0.870. The summed E-state index contributed by atoms with van der Waals surface area (Å²) in [4.78, 5) is 2.11. The van der Waals surface area contributed by atoms with Gasteiger partial charge in [-0.3, -0.25) is 4.90 Å². The summed E-state index contributed by atoms with van der Waals surface area (Å²) in [6.07, 6.45) is 1.63. The number of nitrogens with zero attached hydrogens (tertiary/aromatic N) is 2. The van der Waals surface area contributed by atoms with Crippen LogP contribution in [0.25, 0.3) is 0 Å². The van der Waals surface area contributed by atoms with Gasteiger partial charge in [0.2, 0.25) is 0 Å². The zero-order chi connectivity index (χ0) is 10.6. The third kappa shape index (κ3) is 3.89. The predicted molar refractivity (Wildman–Crippen MR) is 53.8 cm³/mol. The Kier molecular flexibility index (Phi) is 3.66. The topological polar surface area (TPSA) is 49.5 Å². The Bertz CT molecular complexity index is 252. The van der Waals surface area contributed by atoms with Gasteiger partial charge in [0, 0.05) is 12.6 Å². The van der Waals surface area contributed by atoms with Crippen LogP contribution in [-0.2, 0) is 6.54 Å². The van der Waals surface area contributed by atoms with Gasteiger partial charge in [-0.2, -0.15) is 0 Å². The van der Waals surface area contributed by atoms with Crippen LogP contribution < -0.4 is 0 Å². The first-order valence-corrected chi connectivity index (χ1v) is 4.85. The van der Waals surface area contributed by atoms with Crippen LogP contribution >= 0.6 is 0 Å². The lowest BCUT2D eigenvalue weighted by atomic mass is 10.1. The number of hydrogen-bond donors (Lipinski definition) is 1. The Labute approximate surface area is 84.5 Å². The second kappa shape index (κ2) is 4.57. The van der Waals surface area contributed by atoms with Crippen molar-refractivity contribution in [3.63, 3.8) is 0 Å². The first-order valence-electron chi connectivity index (χ1n) is 4.85. The zero-order valence-corrected chi connectivity index (χ0v) is 9.03. The molecule has 0 atom stereocenters. The molecule has 4 nitrogen and oxygen atoms in total. The van der Waals surface area contributed by atoms with Crippen molar-refractivity contribution in [2.24, 2.45) is 0 Å². The Morgan fingerprint density at radius 2 is 2.29 bits per heavy atom. The van der Waals surface area contributed by atoms with E-state index in [0.717, 1.165) is 12.3 Å². The second-order valence-electron chi connectivity index (χ2n) is 4.09. The minimum atomic E-state index is -0.671. The molecule has 0 unspecified atom stereocenters. The molecule has 0 saturated heterocycles. The van der Waals surface area contributed by atoms with Crippen LogP contribution in [0.4, 0.5) is 0 Å². The third-order valence-electron chi connectivity index (χ3n) is 1.93. The summed E-state index contributed by atoms with van der Waals surface area (Å²) in [5, 5.41) is 13.3. The fraction of sp³-hybridized carbons (Fsp3) is 0.700. The lowest BCUT2D eigenvalue weighted by Gasteiger charge is -2.26. The van der Waals surface area contributed by atoms with Crippen LogP contribution in [0.3, 0.4) is 0 Å². The summed E-state index contributed by atoms with van der Waals surface area (Å²) >= 11 is 0. The summed E-state index contributed by atoms with van der Waals surface area (Å²) in [5.41, 5.74) is -0.671. The zero-order valence-electron chi connectivity index (χ0n) is 9.03. The molecule has 0 bridgehead atoms.